The summed E-state index contributed by atoms with van der Waals surface area (Å²) >= 11 is 0. The summed E-state index contributed by atoms with van der Waals surface area (Å²) in [5, 5.41) is 13.0. The van der Waals surface area contributed by atoms with Crippen LogP contribution in [-0.4, -0.2) is 41.9 Å². The molecule has 1 saturated carbocycles. The number of carbonyl (C=O) groups excluding carboxylic acids is 1. The van der Waals surface area contributed by atoms with Gasteiger partial charge in [0.05, 0.1) is 17.8 Å². The minimum absolute atomic E-state index is 0.0792. The second-order valence-electron chi connectivity index (χ2n) is 6.98. The third kappa shape index (κ3) is 2.61. The van der Waals surface area contributed by atoms with Gasteiger partial charge in [-0.15, -0.1) is 10.2 Å². The van der Waals surface area contributed by atoms with Gasteiger partial charge in [0.15, 0.2) is 5.82 Å². The van der Waals surface area contributed by atoms with Gasteiger partial charge >= 0.3 is 0 Å². The van der Waals surface area contributed by atoms with E-state index in [9.17, 15) is 4.79 Å². The van der Waals surface area contributed by atoms with Gasteiger partial charge < -0.3 is 9.47 Å². The van der Waals surface area contributed by atoms with Gasteiger partial charge in [-0.1, -0.05) is 19.3 Å². The Morgan fingerprint density at radius 2 is 1.96 bits per heavy atom. The van der Waals surface area contributed by atoms with Crippen LogP contribution in [0, 0.1) is 6.92 Å². The molecule has 1 aliphatic heterocycles. The number of hydrogen-bond donors (Lipinski definition) is 0. The maximum absolute atomic E-state index is 13.1. The topological polar surface area (TPSA) is 68.8 Å². The van der Waals surface area contributed by atoms with Gasteiger partial charge in [0.2, 0.25) is 0 Å². The Hall–Kier alpha value is -2.18. The number of rotatable bonds is 2. The number of carbonyl (C=O) groups is 1. The van der Waals surface area contributed by atoms with E-state index >= 15 is 0 Å². The van der Waals surface area contributed by atoms with Gasteiger partial charge in [0.1, 0.15) is 5.82 Å². The number of hydrogen-bond acceptors (Lipinski definition) is 4. The largest absolute Gasteiger partial charge is 0.329 e. The third-order valence-electron chi connectivity index (χ3n) is 5.31. The van der Waals surface area contributed by atoms with Gasteiger partial charge in [0, 0.05) is 32.3 Å². The number of aromatic nitrogens is 5. The molecule has 1 amide bonds. The van der Waals surface area contributed by atoms with Crippen LogP contribution in [0.4, 0.5) is 0 Å². The van der Waals surface area contributed by atoms with Crippen molar-refractivity contribution >= 4 is 5.91 Å². The Bertz CT molecular complexity index is 755. The first-order chi connectivity index (χ1) is 11.6. The van der Waals surface area contributed by atoms with Crippen molar-refractivity contribution < 1.29 is 4.79 Å². The standard InChI is InChI=1S/C17H24N6O/c1-12-18-19-15-11-22(8-9-23(12)15)17(24)14-10-21(2)20-16(14)13-6-4-3-5-7-13/h10,13H,3-9,11H2,1-2H3. The molecule has 7 heteroatoms. The Balaban J connectivity index is 1.59. The highest BCUT2D eigenvalue weighted by atomic mass is 16.2. The summed E-state index contributed by atoms with van der Waals surface area (Å²) in [5.41, 5.74) is 1.76. The van der Waals surface area contributed by atoms with E-state index in [0.717, 1.165) is 42.3 Å². The van der Waals surface area contributed by atoms with Crippen LogP contribution in [0.2, 0.25) is 0 Å². The van der Waals surface area contributed by atoms with E-state index in [1.54, 1.807) is 4.68 Å². The molecule has 3 heterocycles. The van der Waals surface area contributed by atoms with E-state index in [4.69, 9.17) is 0 Å². The third-order valence-corrected chi connectivity index (χ3v) is 5.31. The van der Waals surface area contributed by atoms with Gasteiger partial charge in [0.25, 0.3) is 5.91 Å². The molecule has 0 spiro atoms. The van der Waals surface area contributed by atoms with Crippen LogP contribution in [-0.2, 0) is 20.1 Å². The van der Waals surface area contributed by atoms with Crippen LogP contribution in [0.15, 0.2) is 6.20 Å². The average molecular weight is 328 g/mol. The number of fused-ring (bicyclic) bond motifs is 1. The first-order valence-electron chi connectivity index (χ1n) is 8.85. The Labute approximate surface area is 141 Å². The number of aryl methyl sites for hydroxylation is 2. The van der Waals surface area contributed by atoms with E-state index in [2.05, 4.69) is 19.9 Å². The Morgan fingerprint density at radius 1 is 1.17 bits per heavy atom. The van der Waals surface area contributed by atoms with Crippen LogP contribution >= 0.6 is 0 Å². The number of nitrogens with zero attached hydrogens (tertiary/aromatic N) is 6. The van der Waals surface area contributed by atoms with Crippen molar-refractivity contribution in [1.29, 1.82) is 0 Å². The van der Waals surface area contributed by atoms with E-state index < -0.39 is 0 Å². The minimum Gasteiger partial charge on any atom is -0.329 e. The molecule has 24 heavy (non-hydrogen) atoms. The quantitative estimate of drug-likeness (QED) is 0.846. The molecule has 2 aliphatic rings. The highest BCUT2D eigenvalue weighted by Crippen LogP contribution is 2.34. The van der Waals surface area contributed by atoms with Gasteiger partial charge in [-0.3, -0.25) is 9.48 Å². The fraction of sp³-hybridized carbons (Fsp3) is 0.647. The molecule has 1 fully saturated rings. The molecule has 0 saturated heterocycles. The monoisotopic (exact) mass is 328 g/mol. The smallest absolute Gasteiger partial charge is 0.257 e. The average Bonchev–Trinajstić information content (AvgIpc) is 3.18. The molecule has 0 unspecified atom stereocenters. The van der Waals surface area contributed by atoms with E-state index in [1.165, 1.54) is 19.3 Å². The van der Waals surface area contributed by atoms with Gasteiger partial charge in [-0.2, -0.15) is 5.10 Å². The molecule has 0 radical (unpaired) electrons. The zero-order chi connectivity index (χ0) is 16.7. The number of amides is 1. The van der Waals surface area contributed by atoms with Crippen molar-refractivity contribution in [1.82, 2.24) is 29.4 Å². The molecular weight excluding hydrogens is 304 g/mol. The van der Waals surface area contributed by atoms with E-state index in [1.807, 2.05) is 25.1 Å². The molecule has 128 valence electrons. The fourth-order valence-electron chi connectivity index (χ4n) is 3.99. The minimum atomic E-state index is 0.0792. The fourth-order valence-corrected chi connectivity index (χ4v) is 3.99. The van der Waals surface area contributed by atoms with Crippen molar-refractivity contribution in [3.8, 4) is 0 Å². The molecule has 4 rings (SSSR count). The summed E-state index contributed by atoms with van der Waals surface area (Å²) in [4.78, 5) is 15.0. The van der Waals surface area contributed by atoms with Gasteiger partial charge in [-0.25, -0.2) is 0 Å². The predicted octanol–water partition coefficient (Wildman–Crippen LogP) is 2.02. The lowest BCUT2D eigenvalue weighted by Crippen LogP contribution is -2.39. The Kier molecular flexibility index (Phi) is 3.86. The van der Waals surface area contributed by atoms with Crippen molar-refractivity contribution in [2.75, 3.05) is 6.54 Å². The molecule has 0 N–H and O–H groups in total. The Morgan fingerprint density at radius 3 is 2.75 bits per heavy atom. The normalized spacial score (nSPS) is 18.7. The summed E-state index contributed by atoms with van der Waals surface area (Å²) in [6, 6.07) is 0. The predicted molar refractivity (Wildman–Crippen MR) is 88.5 cm³/mol. The molecule has 1 aliphatic carbocycles. The lowest BCUT2D eigenvalue weighted by atomic mass is 9.85. The van der Waals surface area contributed by atoms with Crippen molar-refractivity contribution in [2.24, 2.45) is 7.05 Å². The van der Waals surface area contributed by atoms with Crippen molar-refractivity contribution in [3.63, 3.8) is 0 Å². The highest BCUT2D eigenvalue weighted by molar-refractivity contribution is 5.95. The summed E-state index contributed by atoms with van der Waals surface area (Å²) in [6.45, 7) is 3.94. The van der Waals surface area contributed by atoms with Crippen LogP contribution in [0.25, 0.3) is 0 Å². The summed E-state index contributed by atoms with van der Waals surface area (Å²) in [6.07, 6.45) is 7.95. The maximum Gasteiger partial charge on any atom is 0.257 e. The molecule has 0 bridgehead atoms. The second kappa shape index (κ2) is 6.03. The first kappa shape index (κ1) is 15.4. The molecule has 0 atom stereocenters. The zero-order valence-electron chi connectivity index (χ0n) is 14.4. The molecular formula is C17H24N6O. The molecule has 2 aromatic rings. The van der Waals surface area contributed by atoms with Crippen LogP contribution in [0.1, 0.15) is 65.7 Å². The van der Waals surface area contributed by atoms with Crippen LogP contribution < -0.4 is 0 Å². The lowest BCUT2D eigenvalue weighted by Gasteiger charge is -2.28. The highest BCUT2D eigenvalue weighted by Gasteiger charge is 2.30. The SMILES string of the molecule is Cc1nnc2n1CCN(C(=O)c1cn(C)nc1C1CCCCC1)C2. The maximum atomic E-state index is 13.1. The lowest BCUT2D eigenvalue weighted by molar-refractivity contribution is 0.0704. The summed E-state index contributed by atoms with van der Waals surface area (Å²) in [7, 11) is 1.90. The molecule has 2 aromatic heterocycles. The molecule has 7 nitrogen and oxygen atoms in total. The van der Waals surface area contributed by atoms with Crippen LogP contribution in [0.3, 0.4) is 0 Å². The summed E-state index contributed by atoms with van der Waals surface area (Å²) in [5.74, 6) is 2.29. The van der Waals surface area contributed by atoms with Crippen molar-refractivity contribution in [3.05, 3.63) is 29.1 Å². The zero-order valence-corrected chi connectivity index (χ0v) is 14.4. The second-order valence-corrected chi connectivity index (χ2v) is 6.98. The first-order valence-corrected chi connectivity index (χ1v) is 8.85. The van der Waals surface area contributed by atoms with E-state index in [0.29, 0.717) is 19.0 Å². The summed E-state index contributed by atoms with van der Waals surface area (Å²) < 4.78 is 3.88. The van der Waals surface area contributed by atoms with Crippen molar-refractivity contribution in [2.45, 2.75) is 58.0 Å². The van der Waals surface area contributed by atoms with E-state index in [-0.39, 0.29) is 5.91 Å². The molecule has 0 aromatic carbocycles. The van der Waals surface area contributed by atoms with Gasteiger partial charge in [-0.05, 0) is 19.8 Å². The van der Waals surface area contributed by atoms with Crippen LogP contribution in [0.5, 0.6) is 0 Å².